The van der Waals surface area contributed by atoms with Crippen molar-refractivity contribution in [3.05, 3.63) is 47.0 Å². The van der Waals surface area contributed by atoms with Crippen LogP contribution in [0.2, 0.25) is 0 Å². The van der Waals surface area contributed by atoms with E-state index >= 15 is 0 Å². The summed E-state index contributed by atoms with van der Waals surface area (Å²) in [6.07, 6.45) is 2.86. The van der Waals surface area contributed by atoms with Gasteiger partial charge in [-0.25, -0.2) is 9.67 Å². The molecule has 0 amide bonds. The molecule has 8 heteroatoms. The van der Waals surface area contributed by atoms with E-state index in [1.165, 1.54) is 11.1 Å². The van der Waals surface area contributed by atoms with Gasteiger partial charge in [-0.1, -0.05) is 45.0 Å². The van der Waals surface area contributed by atoms with Crippen molar-refractivity contribution in [1.29, 1.82) is 0 Å². The van der Waals surface area contributed by atoms with Crippen LogP contribution in [0.3, 0.4) is 0 Å². The Morgan fingerprint density at radius 2 is 2.00 bits per heavy atom. The number of nitrogens with one attached hydrogen (secondary N) is 2. The first-order chi connectivity index (χ1) is 14.4. The van der Waals surface area contributed by atoms with E-state index in [2.05, 4.69) is 72.7 Å². The first-order valence-corrected chi connectivity index (χ1v) is 10.9. The van der Waals surface area contributed by atoms with Crippen LogP contribution in [-0.2, 0) is 36.1 Å². The maximum absolute atomic E-state index is 5.15. The van der Waals surface area contributed by atoms with E-state index in [-0.39, 0.29) is 29.4 Å². The summed E-state index contributed by atoms with van der Waals surface area (Å²) in [6, 6.07) is 9.21. The lowest BCUT2D eigenvalue weighted by atomic mass is 9.86. The van der Waals surface area contributed by atoms with Gasteiger partial charge >= 0.3 is 0 Å². The number of hydrogen-bond acceptors (Lipinski definition) is 4. The van der Waals surface area contributed by atoms with Gasteiger partial charge in [0.15, 0.2) is 11.8 Å². The van der Waals surface area contributed by atoms with Gasteiger partial charge in [-0.3, -0.25) is 4.99 Å². The number of guanidine groups is 1. The normalized spacial score (nSPS) is 16.4. The second-order valence-corrected chi connectivity index (χ2v) is 8.90. The minimum absolute atomic E-state index is 0. The smallest absolute Gasteiger partial charge is 0.191 e. The van der Waals surface area contributed by atoms with Crippen molar-refractivity contribution < 1.29 is 4.74 Å². The molecule has 0 fully saturated rings. The van der Waals surface area contributed by atoms with Crippen molar-refractivity contribution in [3.63, 3.8) is 0 Å². The lowest BCUT2D eigenvalue weighted by molar-refractivity contribution is 0.177. The summed E-state index contributed by atoms with van der Waals surface area (Å²) in [4.78, 5) is 9.34. The highest BCUT2D eigenvalue weighted by Gasteiger charge is 2.22. The topological polar surface area (TPSA) is 76.4 Å². The highest BCUT2D eigenvalue weighted by molar-refractivity contribution is 14.0. The molecule has 1 unspecified atom stereocenters. The zero-order valence-corrected chi connectivity index (χ0v) is 21.8. The fourth-order valence-electron chi connectivity index (χ4n) is 3.65. The SMILES string of the molecule is CCNC(=NCCc1ccc(C(C)(C)C)cc1)NC1CCc2nc(COC)nn2C1.I. The lowest BCUT2D eigenvalue weighted by Gasteiger charge is -2.25. The van der Waals surface area contributed by atoms with Gasteiger partial charge in [0.05, 0.1) is 6.54 Å². The number of fused-ring (bicyclic) bond motifs is 1. The van der Waals surface area contributed by atoms with Crippen molar-refractivity contribution in [1.82, 2.24) is 25.4 Å². The molecule has 7 nitrogen and oxygen atoms in total. The third-order valence-corrected chi connectivity index (χ3v) is 5.35. The van der Waals surface area contributed by atoms with Gasteiger partial charge in [0.2, 0.25) is 0 Å². The quantitative estimate of drug-likeness (QED) is 0.320. The Bertz CT molecular complexity index is 841. The molecule has 0 saturated carbocycles. The molecule has 2 aromatic rings. The Labute approximate surface area is 203 Å². The highest BCUT2D eigenvalue weighted by Crippen LogP contribution is 2.22. The van der Waals surface area contributed by atoms with Crippen LogP contribution in [0.5, 0.6) is 0 Å². The molecular formula is C23H37IN6O. The predicted octanol–water partition coefficient (Wildman–Crippen LogP) is 3.45. The summed E-state index contributed by atoms with van der Waals surface area (Å²) in [7, 11) is 1.67. The van der Waals surface area contributed by atoms with Crippen LogP contribution < -0.4 is 10.6 Å². The van der Waals surface area contributed by atoms with E-state index in [0.29, 0.717) is 12.6 Å². The second kappa shape index (κ2) is 11.8. The van der Waals surface area contributed by atoms with Gasteiger partial charge in [-0.05, 0) is 36.3 Å². The van der Waals surface area contributed by atoms with Gasteiger partial charge in [-0.2, -0.15) is 5.10 Å². The van der Waals surface area contributed by atoms with E-state index < -0.39 is 0 Å². The van der Waals surface area contributed by atoms with Crippen LogP contribution in [0.25, 0.3) is 0 Å². The summed E-state index contributed by atoms with van der Waals surface area (Å²) in [5.41, 5.74) is 2.87. The molecule has 2 N–H and O–H groups in total. The van der Waals surface area contributed by atoms with Gasteiger partial charge in [0.1, 0.15) is 12.4 Å². The maximum Gasteiger partial charge on any atom is 0.191 e. The molecule has 0 spiro atoms. The van der Waals surface area contributed by atoms with Crippen molar-refractivity contribution in [2.45, 2.75) is 71.6 Å². The fourth-order valence-corrected chi connectivity index (χ4v) is 3.65. The average Bonchev–Trinajstić information content (AvgIpc) is 3.10. The summed E-state index contributed by atoms with van der Waals surface area (Å²) in [5.74, 6) is 2.67. The second-order valence-electron chi connectivity index (χ2n) is 8.90. The Kier molecular flexibility index (Phi) is 9.74. The van der Waals surface area contributed by atoms with Crippen LogP contribution >= 0.6 is 24.0 Å². The third-order valence-electron chi connectivity index (χ3n) is 5.35. The van der Waals surface area contributed by atoms with E-state index in [4.69, 9.17) is 9.73 Å². The van der Waals surface area contributed by atoms with Gasteiger partial charge in [0, 0.05) is 32.7 Å². The van der Waals surface area contributed by atoms with Crippen molar-refractivity contribution in [3.8, 4) is 0 Å². The molecule has 1 aliphatic heterocycles. The van der Waals surface area contributed by atoms with Crippen molar-refractivity contribution >= 4 is 29.9 Å². The van der Waals surface area contributed by atoms with Crippen molar-refractivity contribution in [2.75, 3.05) is 20.2 Å². The van der Waals surface area contributed by atoms with Gasteiger partial charge in [-0.15, -0.1) is 24.0 Å². The molecule has 31 heavy (non-hydrogen) atoms. The van der Waals surface area contributed by atoms with Crippen molar-refractivity contribution in [2.24, 2.45) is 4.99 Å². The number of hydrogen-bond donors (Lipinski definition) is 2. The Morgan fingerprint density at radius 1 is 1.26 bits per heavy atom. The summed E-state index contributed by atoms with van der Waals surface area (Å²) in [6.45, 7) is 11.7. The number of methoxy groups -OCH3 is 1. The Hall–Kier alpha value is -1.68. The molecule has 1 aliphatic rings. The standard InChI is InChI=1S/C23H36N6O.HI/c1-6-24-22(25-14-13-17-7-9-18(10-8-17)23(2,3)4)26-19-11-12-21-27-20(16-30-5)28-29(21)15-19;/h7-10,19H,6,11-16H2,1-5H3,(H2,24,25,26);1H. The predicted molar refractivity (Wildman–Crippen MR) is 136 cm³/mol. The molecule has 3 rings (SSSR count). The molecule has 172 valence electrons. The number of nitrogens with zero attached hydrogens (tertiary/aromatic N) is 4. The molecule has 2 heterocycles. The number of ether oxygens (including phenoxy) is 1. The molecule has 0 radical (unpaired) electrons. The Balaban J connectivity index is 0.00000341. The zero-order chi connectivity index (χ0) is 21.6. The van der Waals surface area contributed by atoms with E-state index in [9.17, 15) is 0 Å². The van der Waals surface area contributed by atoms with Gasteiger partial charge < -0.3 is 15.4 Å². The minimum Gasteiger partial charge on any atom is -0.377 e. The number of halogens is 1. The molecule has 1 atom stereocenters. The number of aromatic nitrogens is 3. The average molecular weight is 540 g/mol. The minimum atomic E-state index is 0. The van der Waals surface area contributed by atoms with Crippen LogP contribution in [0.15, 0.2) is 29.3 Å². The largest absolute Gasteiger partial charge is 0.377 e. The molecule has 0 bridgehead atoms. The van der Waals surface area contributed by atoms with E-state index in [1.54, 1.807) is 7.11 Å². The lowest BCUT2D eigenvalue weighted by Crippen LogP contribution is -2.47. The third kappa shape index (κ3) is 7.45. The summed E-state index contributed by atoms with van der Waals surface area (Å²) < 4.78 is 7.15. The van der Waals surface area contributed by atoms with Gasteiger partial charge in [0.25, 0.3) is 0 Å². The summed E-state index contributed by atoms with van der Waals surface area (Å²) in [5, 5.41) is 11.5. The Morgan fingerprint density at radius 3 is 2.65 bits per heavy atom. The fraction of sp³-hybridized carbons (Fsp3) is 0.609. The summed E-state index contributed by atoms with van der Waals surface area (Å²) >= 11 is 0. The maximum atomic E-state index is 5.15. The molecular weight excluding hydrogens is 503 g/mol. The molecule has 1 aromatic heterocycles. The number of aryl methyl sites for hydroxylation is 1. The van der Waals surface area contributed by atoms with Crippen LogP contribution in [0.1, 0.15) is 56.9 Å². The first kappa shape index (κ1) is 25.6. The molecule has 1 aromatic carbocycles. The van der Waals surface area contributed by atoms with E-state index in [0.717, 1.165) is 56.5 Å². The highest BCUT2D eigenvalue weighted by atomic mass is 127. The van der Waals surface area contributed by atoms with E-state index in [1.807, 2.05) is 4.68 Å². The number of benzene rings is 1. The molecule has 0 aliphatic carbocycles. The first-order valence-electron chi connectivity index (χ1n) is 10.9. The van der Waals surface area contributed by atoms with Crippen LogP contribution in [0, 0.1) is 0 Å². The zero-order valence-electron chi connectivity index (χ0n) is 19.4. The van der Waals surface area contributed by atoms with Crippen LogP contribution in [0.4, 0.5) is 0 Å². The monoisotopic (exact) mass is 540 g/mol. The molecule has 0 saturated heterocycles. The number of rotatable bonds is 7. The van der Waals surface area contributed by atoms with Crippen LogP contribution in [-0.4, -0.2) is 47.0 Å². The number of aliphatic imine (C=N–C) groups is 1.